The first-order valence-corrected chi connectivity index (χ1v) is 7.81. The van der Waals surface area contributed by atoms with Crippen LogP contribution in [-0.4, -0.2) is 40.6 Å². The first-order valence-electron chi connectivity index (χ1n) is 7.04. The number of carbonyl (C=O) groups is 3. The second-order valence-corrected chi connectivity index (χ2v) is 5.36. The van der Waals surface area contributed by atoms with E-state index in [9.17, 15) is 14.4 Å². The number of esters is 2. The van der Waals surface area contributed by atoms with Gasteiger partial charge in [0.1, 0.15) is 0 Å². The summed E-state index contributed by atoms with van der Waals surface area (Å²) in [5, 5.41) is 6.26. The van der Waals surface area contributed by atoms with Crippen LogP contribution in [0.15, 0.2) is 24.3 Å². The van der Waals surface area contributed by atoms with Crippen molar-refractivity contribution in [1.29, 1.82) is 0 Å². The molecule has 0 atom stereocenters. The highest BCUT2D eigenvalue weighted by Crippen LogP contribution is 2.12. The summed E-state index contributed by atoms with van der Waals surface area (Å²) in [4.78, 5) is 35.3. The fourth-order valence-electron chi connectivity index (χ4n) is 1.72. The number of benzene rings is 1. The van der Waals surface area contributed by atoms with Crippen LogP contribution in [0.25, 0.3) is 0 Å². The average molecular weight is 349 g/mol. The van der Waals surface area contributed by atoms with Crippen LogP contribution in [0.3, 0.4) is 0 Å². The smallest absolute Gasteiger partial charge is 0.352 e. The molecule has 24 heavy (non-hydrogen) atoms. The second kappa shape index (κ2) is 8.16. The number of hydrogen-bond acceptors (Lipinski definition) is 8. The molecule has 126 valence electrons. The Kier molecular flexibility index (Phi) is 5.96. The van der Waals surface area contributed by atoms with E-state index >= 15 is 0 Å². The molecule has 1 heterocycles. The van der Waals surface area contributed by atoms with Crippen LogP contribution in [0.4, 0.5) is 5.69 Å². The van der Waals surface area contributed by atoms with Gasteiger partial charge in [0.25, 0.3) is 5.91 Å². The zero-order valence-corrected chi connectivity index (χ0v) is 13.9. The molecule has 0 unspecified atom stereocenters. The number of amides is 1. The summed E-state index contributed by atoms with van der Waals surface area (Å²) < 4.78 is 13.4. The lowest BCUT2D eigenvalue weighted by Crippen LogP contribution is -2.21. The number of aromatic nitrogens is 2. The van der Waals surface area contributed by atoms with E-state index in [-0.39, 0.29) is 11.5 Å². The Morgan fingerprint density at radius 3 is 2.42 bits per heavy atom. The molecule has 0 fully saturated rings. The largest absolute Gasteiger partial charge is 0.462 e. The Morgan fingerprint density at radius 2 is 1.83 bits per heavy atom. The molecule has 0 saturated heterocycles. The Morgan fingerprint density at radius 1 is 1.12 bits per heavy atom. The van der Waals surface area contributed by atoms with Crippen molar-refractivity contribution in [3.63, 3.8) is 0 Å². The molecule has 0 aliphatic carbocycles. The first-order chi connectivity index (χ1) is 11.5. The van der Waals surface area contributed by atoms with Crippen LogP contribution in [0, 0.1) is 6.92 Å². The third-order valence-corrected chi connectivity index (χ3v) is 3.66. The number of nitrogens with zero attached hydrogens (tertiary/aromatic N) is 2. The highest BCUT2D eigenvalue weighted by atomic mass is 32.1. The van der Waals surface area contributed by atoms with E-state index in [0.29, 0.717) is 16.9 Å². The van der Waals surface area contributed by atoms with Gasteiger partial charge in [-0.2, -0.15) is 0 Å². The van der Waals surface area contributed by atoms with Gasteiger partial charge in [-0.15, -0.1) is 5.10 Å². The highest BCUT2D eigenvalue weighted by Gasteiger charge is 2.16. The monoisotopic (exact) mass is 349 g/mol. The molecule has 2 aromatic rings. The summed E-state index contributed by atoms with van der Waals surface area (Å²) in [7, 11) is 0. The second-order valence-electron chi connectivity index (χ2n) is 4.61. The Bertz CT molecular complexity index is 742. The van der Waals surface area contributed by atoms with Crippen molar-refractivity contribution in [2.75, 3.05) is 18.5 Å². The van der Waals surface area contributed by atoms with Gasteiger partial charge in [-0.05, 0) is 49.6 Å². The minimum absolute atomic E-state index is 0.265. The Labute approximate surface area is 141 Å². The lowest BCUT2D eigenvalue weighted by Gasteiger charge is -2.07. The van der Waals surface area contributed by atoms with E-state index in [0.717, 1.165) is 11.5 Å². The van der Waals surface area contributed by atoms with Crippen molar-refractivity contribution in [2.45, 2.75) is 13.8 Å². The molecule has 8 nitrogen and oxygen atoms in total. The number of nitrogens with one attached hydrogen (secondary N) is 1. The Balaban J connectivity index is 1.85. The summed E-state index contributed by atoms with van der Waals surface area (Å²) in [6.45, 7) is 3.20. The van der Waals surface area contributed by atoms with Crippen LogP contribution in [0.2, 0.25) is 0 Å². The van der Waals surface area contributed by atoms with Crippen molar-refractivity contribution in [3.05, 3.63) is 40.4 Å². The summed E-state index contributed by atoms with van der Waals surface area (Å²) in [6.07, 6.45) is 0. The summed E-state index contributed by atoms with van der Waals surface area (Å²) in [6, 6.07) is 6.18. The molecular weight excluding hydrogens is 334 g/mol. The van der Waals surface area contributed by atoms with Gasteiger partial charge in [0.2, 0.25) is 0 Å². The van der Waals surface area contributed by atoms with Crippen LogP contribution in [0.5, 0.6) is 0 Å². The molecule has 1 aromatic carbocycles. The zero-order chi connectivity index (χ0) is 17.5. The molecule has 0 bridgehead atoms. The van der Waals surface area contributed by atoms with Gasteiger partial charge in [-0.25, -0.2) is 9.59 Å². The third kappa shape index (κ3) is 4.59. The van der Waals surface area contributed by atoms with Crippen LogP contribution < -0.4 is 5.32 Å². The fraction of sp³-hybridized carbons (Fsp3) is 0.267. The molecular formula is C15H15N3O5S. The van der Waals surface area contributed by atoms with E-state index in [4.69, 9.17) is 9.47 Å². The van der Waals surface area contributed by atoms with Crippen molar-refractivity contribution in [1.82, 2.24) is 9.59 Å². The number of ether oxygens (including phenoxy) is 2. The fourth-order valence-corrected chi connectivity index (χ4v) is 2.27. The number of carbonyl (C=O) groups excluding carboxylic acids is 3. The molecule has 0 spiro atoms. The van der Waals surface area contributed by atoms with Crippen LogP contribution >= 0.6 is 11.5 Å². The van der Waals surface area contributed by atoms with Gasteiger partial charge in [0.15, 0.2) is 11.5 Å². The SMILES string of the molecule is CCOC(=O)c1ccc(NC(=O)COC(=O)c2snnc2C)cc1. The van der Waals surface area contributed by atoms with Crippen molar-refractivity contribution >= 4 is 35.1 Å². The highest BCUT2D eigenvalue weighted by molar-refractivity contribution is 7.07. The van der Waals surface area contributed by atoms with Crippen LogP contribution in [-0.2, 0) is 14.3 Å². The standard InChI is InChI=1S/C15H15N3O5S/c1-3-22-14(20)10-4-6-11(7-5-10)16-12(19)8-23-15(21)13-9(2)17-18-24-13/h4-7H,3,8H2,1-2H3,(H,16,19). The van der Waals surface area contributed by atoms with Crippen molar-refractivity contribution in [3.8, 4) is 0 Å². The number of hydrogen-bond donors (Lipinski definition) is 1. The van der Waals surface area contributed by atoms with E-state index in [1.807, 2.05) is 0 Å². The molecule has 0 radical (unpaired) electrons. The van der Waals surface area contributed by atoms with Gasteiger partial charge in [0, 0.05) is 5.69 Å². The molecule has 1 amide bonds. The predicted molar refractivity (Wildman–Crippen MR) is 86.0 cm³/mol. The topological polar surface area (TPSA) is 107 Å². The third-order valence-electron chi connectivity index (χ3n) is 2.85. The van der Waals surface area contributed by atoms with Crippen LogP contribution in [0.1, 0.15) is 32.6 Å². The summed E-state index contributed by atoms with van der Waals surface area (Å²) in [5.41, 5.74) is 1.31. The maximum Gasteiger partial charge on any atom is 0.352 e. The number of rotatable bonds is 6. The summed E-state index contributed by atoms with van der Waals surface area (Å²) >= 11 is 0.910. The molecule has 0 aliphatic rings. The van der Waals surface area contributed by atoms with E-state index in [1.165, 1.54) is 12.1 Å². The van der Waals surface area contributed by atoms with Crippen molar-refractivity contribution in [2.24, 2.45) is 0 Å². The molecule has 1 aromatic heterocycles. The minimum Gasteiger partial charge on any atom is -0.462 e. The maximum absolute atomic E-state index is 11.8. The molecule has 0 saturated carbocycles. The lowest BCUT2D eigenvalue weighted by atomic mass is 10.2. The zero-order valence-electron chi connectivity index (χ0n) is 13.1. The van der Waals surface area contributed by atoms with Gasteiger partial charge >= 0.3 is 11.9 Å². The quantitative estimate of drug-likeness (QED) is 0.793. The predicted octanol–water partition coefficient (Wildman–Crippen LogP) is 1.82. The normalized spacial score (nSPS) is 10.1. The van der Waals surface area contributed by atoms with Gasteiger partial charge < -0.3 is 14.8 Å². The van der Waals surface area contributed by atoms with E-state index < -0.39 is 24.5 Å². The van der Waals surface area contributed by atoms with Gasteiger partial charge in [0.05, 0.1) is 17.9 Å². The maximum atomic E-state index is 11.8. The average Bonchev–Trinajstić information content (AvgIpc) is 2.99. The first kappa shape index (κ1) is 17.5. The van der Waals surface area contributed by atoms with Crippen molar-refractivity contribution < 1.29 is 23.9 Å². The van der Waals surface area contributed by atoms with E-state index in [1.54, 1.807) is 26.0 Å². The van der Waals surface area contributed by atoms with Gasteiger partial charge in [-0.3, -0.25) is 4.79 Å². The number of aryl methyl sites for hydroxylation is 1. The van der Waals surface area contributed by atoms with E-state index in [2.05, 4.69) is 14.9 Å². The summed E-state index contributed by atoms with van der Waals surface area (Å²) in [5.74, 6) is -1.57. The Hall–Kier alpha value is -2.81. The molecule has 2 rings (SSSR count). The molecule has 1 N–H and O–H groups in total. The minimum atomic E-state index is -0.643. The van der Waals surface area contributed by atoms with Gasteiger partial charge in [-0.1, -0.05) is 4.49 Å². The molecule has 0 aliphatic heterocycles. The number of anilines is 1. The molecule has 9 heteroatoms. The lowest BCUT2D eigenvalue weighted by molar-refractivity contribution is -0.119.